The number of rotatable bonds is 5. The molecule has 1 aliphatic heterocycles. The summed E-state index contributed by atoms with van der Waals surface area (Å²) in [7, 11) is 0. The normalized spacial score (nSPS) is 16.3. The topological polar surface area (TPSA) is 52.5 Å². The van der Waals surface area contributed by atoms with Gasteiger partial charge in [0.1, 0.15) is 11.3 Å². The van der Waals surface area contributed by atoms with Crippen LogP contribution in [-0.2, 0) is 6.54 Å². The zero-order chi connectivity index (χ0) is 21.9. The number of fused-ring (bicyclic) bond motifs is 1. The van der Waals surface area contributed by atoms with Gasteiger partial charge in [-0.1, -0.05) is 48.0 Å². The van der Waals surface area contributed by atoms with Crippen molar-refractivity contribution >= 4 is 22.5 Å². The molecule has 32 heavy (non-hydrogen) atoms. The van der Waals surface area contributed by atoms with Crippen molar-refractivity contribution in [3.63, 3.8) is 0 Å². The third-order valence-electron chi connectivity index (χ3n) is 6.13. The predicted octanol–water partition coefficient (Wildman–Crippen LogP) is 4.90. The van der Waals surface area contributed by atoms with Crippen LogP contribution in [0.1, 0.15) is 22.9 Å². The van der Waals surface area contributed by atoms with Gasteiger partial charge >= 0.3 is 0 Å². The molecule has 6 heteroatoms. The maximum atomic E-state index is 11.2. The molecule has 0 unspecified atom stereocenters. The first kappa shape index (κ1) is 20.9. The summed E-state index contributed by atoms with van der Waals surface area (Å²) in [4.78, 5) is 13.9. The van der Waals surface area contributed by atoms with Gasteiger partial charge in [0.05, 0.1) is 16.8 Å². The minimum Gasteiger partial charge on any atom is -0.505 e. The van der Waals surface area contributed by atoms with E-state index < -0.39 is 0 Å². The molecule has 0 saturated carbocycles. The number of aromatic hydroxyl groups is 1. The molecule has 0 amide bonds. The summed E-state index contributed by atoms with van der Waals surface area (Å²) in [6.45, 7) is 4.56. The monoisotopic (exact) mass is 444 g/mol. The molecule has 1 atom stereocenters. The SMILES string of the molecule is Oc1c([C@@H](c2ccccn2)N2CCN(Cc3ccccc3)CC2)cc(Cl)c2cccnc12. The van der Waals surface area contributed by atoms with Gasteiger partial charge in [-0.2, -0.15) is 0 Å². The fourth-order valence-electron chi connectivity index (χ4n) is 4.52. The van der Waals surface area contributed by atoms with Crippen LogP contribution in [0.5, 0.6) is 5.75 Å². The highest BCUT2D eigenvalue weighted by Gasteiger charge is 2.30. The number of phenolic OH excluding ortho intramolecular Hbond substituents is 1. The number of hydrogen-bond acceptors (Lipinski definition) is 5. The van der Waals surface area contributed by atoms with Gasteiger partial charge in [-0.3, -0.25) is 19.8 Å². The quantitative estimate of drug-likeness (QED) is 0.474. The standard InChI is InChI=1S/C26H25ClN4O/c27-22-17-21(26(32)24-20(22)9-6-12-29-24)25(23-10-4-5-11-28-23)31-15-13-30(14-16-31)18-19-7-2-1-3-8-19/h1-12,17,25,32H,13-16,18H2/t25-/m0/s1. The Morgan fingerprint density at radius 3 is 2.38 bits per heavy atom. The fraction of sp³-hybridized carbons (Fsp3) is 0.231. The van der Waals surface area contributed by atoms with Crippen molar-refractivity contribution in [2.75, 3.05) is 26.2 Å². The van der Waals surface area contributed by atoms with E-state index in [1.54, 1.807) is 12.4 Å². The van der Waals surface area contributed by atoms with Gasteiger partial charge in [0.25, 0.3) is 0 Å². The second-order valence-corrected chi connectivity index (χ2v) is 8.56. The number of hydrogen-bond donors (Lipinski definition) is 1. The number of nitrogens with zero attached hydrogens (tertiary/aromatic N) is 4. The molecule has 1 fully saturated rings. The minimum atomic E-state index is -0.195. The number of piperazine rings is 1. The lowest BCUT2D eigenvalue weighted by atomic mass is 9.97. The Balaban J connectivity index is 1.46. The molecule has 162 valence electrons. The minimum absolute atomic E-state index is 0.173. The maximum Gasteiger partial charge on any atom is 0.147 e. The first-order valence-corrected chi connectivity index (χ1v) is 11.3. The zero-order valence-corrected chi connectivity index (χ0v) is 18.5. The van der Waals surface area contributed by atoms with Gasteiger partial charge in [-0.25, -0.2) is 0 Å². The van der Waals surface area contributed by atoms with Gasteiger partial charge in [0.15, 0.2) is 0 Å². The number of pyridine rings is 2. The first-order valence-electron chi connectivity index (χ1n) is 10.9. The molecule has 0 aliphatic carbocycles. The summed E-state index contributed by atoms with van der Waals surface area (Å²) in [6.07, 6.45) is 3.48. The molecule has 4 aromatic rings. The molecule has 0 bridgehead atoms. The predicted molar refractivity (Wildman–Crippen MR) is 128 cm³/mol. The van der Waals surface area contributed by atoms with E-state index in [1.807, 2.05) is 36.4 Å². The number of halogens is 1. The van der Waals surface area contributed by atoms with Gasteiger partial charge in [-0.15, -0.1) is 0 Å². The Hall–Kier alpha value is -2.99. The number of phenols is 1. The summed E-state index contributed by atoms with van der Waals surface area (Å²) in [5, 5.41) is 12.5. The molecule has 0 spiro atoms. The molecular formula is C26H25ClN4O. The summed E-state index contributed by atoms with van der Waals surface area (Å²) < 4.78 is 0. The Kier molecular flexibility index (Phi) is 6.04. The molecule has 1 N–H and O–H groups in total. The largest absolute Gasteiger partial charge is 0.505 e. The molecule has 1 saturated heterocycles. The Morgan fingerprint density at radius 2 is 1.62 bits per heavy atom. The van der Waals surface area contributed by atoms with Crippen molar-refractivity contribution in [1.29, 1.82) is 0 Å². The van der Waals surface area contributed by atoms with Crippen molar-refractivity contribution in [2.24, 2.45) is 0 Å². The Labute approximate surface area is 192 Å². The Bertz CT molecular complexity index is 1190. The van der Waals surface area contributed by atoms with Crippen LogP contribution in [0.2, 0.25) is 5.02 Å². The van der Waals surface area contributed by atoms with Gasteiger partial charge in [0.2, 0.25) is 0 Å². The van der Waals surface area contributed by atoms with E-state index in [-0.39, 0.29) is 11.8 Å². The average molecular weight is 445 g/mol. The highest BCUT2D eigenvalue weighted by Crippen LogP contribution is 2.40. The molecule has 0 radical (unpaired) electrons. The van der Waals surface area contributed by atoms with E-state index in [9.17, 15) is 5.11 Å². The summed E-state index contributed by atoms with van der Waals surface area (Å²) in [6, 6.07) is 21.9. The van der Waals surface area contributed by atoms with E-state index in [0.717, 1.165) is 49.4 Å². The summed E-state index contributed by atoms with van der Waals surface area (Å²) >= 11 is 6.62. The molecular weight excluding hydrogens is 420 g/mol. The van der Waals surface area contributed by atoms with Crippen molar-refractivity contribution in [3.05, 3.63) is 101 Å². The van der Waals surface area contributed by atoms with Crippen LogP contribution >= 0.6 is 11.6 Å². The van der Waals surface area contributed by atoms with E-state index >= 15 is 0 Å². The summed E-state index contributed by atoms with van der Waals surface area (Å²) in [5.41, 5.74) is 3.49. The second kappa shape index (κ2) is 9.25. The first-order chi connectivity index (χ1) is 15.7. The third-order valence-corrected chi connectivity index (χ3v) is 6.44. The van der Waals surface area contributed by atoms with E-state index in [2.05, 4.69) is 50.1 Å². The molecule has 3 heterocycles. The highest BCUT2D eigenvalue weighted by atomic mass is 35.5. The lowest BCUT2D eigenvalue weighted by molar-refractivity contribution is 0.102. The van der Waals surface area contributed by atoms with Crippen molar-refractivity contribution in [1.82, 2.24) is 19.8 Å². The number of aromatic nitrogens is 2. The maximum absolute atomic E-state index is 11.2. The smallest absolute Gasteiger partial charge is 0.147 e. The van der Waals surface area contributed by atoms with Gasteiger partial charge in [0, 0.05) is 56.1 Å². The van der Waals surface area contributed by atoms with E-state index in [4.69, 9.17) is 11.6 Å². The van der Waals surface area contributed by atoms with Crippen LogP contribution in [0.4, 0.5) is 0 Å². The number of benzene rings is 2. The second-order valence-electron chi connectivity index (χ2n) is 8.15. The van der Waals surface area contributed by atoms with Crippen LogP contribution in [0.3, 0.4) is 0 Å². The highest BCUT2D eigenvalue weighted by molar-refractivity contribution is 6.35. The zero-order valence-electron chi connectivity index (χ0n) is 17.7. The van der Waals surface area contributed by atoms with Gasteiger partial charge in [-0.05, 0) is 35.9 Å². The van der Waals surface area contributed by atoms with Gasteiger partial charge < -0.3 is 5.11 Å². The Morgan fingerprint density at radius 1 is 0.875 bits per heavy atom. The van der Waals surface area contributed by atoms with Crippen LogP contribution < -0.4 is 0 Å². The third kappa shape index (κ3) is 4.19. The molecule has 2 aromatic carbocycles. The van der Waals surface area contributed by atoms with Crippen molar-refractivity contribution in [2.45, 2.75) is 12.6 Å². The van der Waals surface area contributed by atoms with Crippen LogP contribution in [0.15, 0.2) is 79.1 Å². The lowest BCUT2D eigenvalue weighted by Crippen LogP contribution is -2.47. The molecule has 5 nitrogen and oxygen atoms in total. The molecule has 5 rings (SSSR count). The van der Waals surface area contributed by atoms with Crippen LogP contribution in [0.25, 0.3) is 10.9 Å². The lowest BCUT2D eigenvalue weighted by Gasteiger charge is -2.39. The average Bonchev–Trinajstić information content (AvgIpc) is 2.85. The summed E-state index contributed by atoms with van der Waals surface area (Å²) in [5.74, 6) is 0.173. The van der Waals surface area contributed by atoms with Crippen molar-refractivity contribution in [3.8, 4) is 5.75 Å². The van der Waals surface area contributed by atoms with E-state index in [1.165, 1.54) is 5.56 Å². The van der Waals surface area contributed by atoms with E-state index in [0.29, 0.717) is 10.5 Å². The fourth-order valence-corrected chi connectivity index (χ4v) is 4.79. The van der Waals surface area contributed by atoms with Crippen molar-refractivity contribution < 1.29 is 5.11 Å². The molecule has 1 aliphatic rings. The molecule has 2 aromatic heterocycles. The van der Waals surface area contributed by atoms with Crippen LogP contribution in [-0.4, -0.2) is 51.1 Å². The van der Waals surface area contributed by atoms with Crippen LogP contribution in [0, 0.1) is 0 Å².